The minimum Gasteiger partial charge on any atom is -0.495 e. The molecule has 1 aliphatic heterocycles. The van der Waals surface area contributed by atoms with Crippen LogP contribution in [0.1, 0.15) is 53.4 Å². The second kappa shape index (κ2) is 13.3. The number of para-hydroxylation sites is 2. The van der Waals surface area contributed by atoms with E-state index < -0.39 is 5.92 Å². The summed E-state index contributed by atoms with van der Waals surface area (Å²) < 4.78 is 5.39. The molecule has 0 radical (unpaired) electrons. The van der Waals surface area contributed by atoms with Crippen LogP contribution in [-0.2, 0) is 11.2 Å². The van der Waals surface area contributed by atoms with Gasteiger partial charge in [-0.3, -0.25) is 9.59 Å². The van der Waals surface area contributed by atoms with E-state index >= 15 is 0 Å². The van der Waals surface area contributed by atoms with Gasteiger partial charge in [-0.15, -0.1) is 11.3 Å². The number of thioether (sulfide) groups is 1. The lowest BCUT2D eigenvalue weighted by atomic mass is 9.86. The van der Waals surface area contributed by atoms with Crippen molar-refractivity contribution in [1.29, 1.82) is 5.26 Å². The average molecular weight is 558 g/mol. The highest BCUT2D eigenvalue weighted by Gasteiger charge is 2.35. The summed E-state index contributed by atoms with van der Waals surface area (Å²) in [5, 5.41) is 19.0. The highest BCUT2D eigenvalue weighted by Crippen LogP contribution is 2.42. The van der Waals surface area contributed by atoms with Crippen LogP contribution in [0.4, 0.5) is 5.69 Å². The number of carbonyl (C=O) groups is 2. The van der Waals surface area contributed by atoms with Crippen LogP contribution in [-0.4, -0.2) is 24.6 Å². The van der Waals surface area contributed by atoms with Gasteiger partial charge in [0.05, 0.1) is 41.1 Å². The monoisotopic (exact) mass is 557 g/mol. The molecule has 0 bridgehead atoms. The fourth-order valence-corrected chi connectivity index (χ4v) is 6.29. The largest absolute Gasteiger partial charge is 0.495 e. The smallest absolute Gasteiger partial charge is 0.254 e. The molecule has 39 heavy (non-hydrogen) atoms. The van der Waals surface area contributed by atoms with Gasteiger partial charge >= 0.3 is 0 Å². The number of ketones is 1. The molecule has 0 aliphatic carbocycles. The lowest BCUT2D eigenvalue weighted by Crippen LogP contribution is -2.30. The molecule has 2 N–H and O–H groups in total. The summed E-state index contributed by atoms with van der Waals surface area (Å²) in [6, 6.07) is 21.1. The Balaban J connectivity index is 1.58. The first-order valence-corrected chi connectivity index (χ1v) is 14.7. The maximum Gasteiger partial charge on any atom is 0.254 e. The van der Waals surface area contributed by atoms with E-state index in [1.165, 1.54) is 28.7 Å². The minimum atomic E-state index is -0.554. The lowest BCUT2D eigenvalue weighted by Gasteiger charge is -2.29. The Bertz CT molecular complexity index is 1430. The van der Waals surface area contributed by atoms with E-state index in [0.717, 1.165) is 24.1 Å². The van der Waals surface area contributed by atoms with Gasteiger partial charge in [-0.25, -0.2) is 0 Å². The number of methoxy groups -OCH3 is 1. The number of allylic oxidation sites excluding steroid dienone is 2. The lowest BCUT2D eigenvalue weighted by molar-refractivity contribution is -0.113. The molecule has 200 valence electrons. The summed E-state index contributed by atoms with van der Waals surface area (Å²) in [6.07, 6.45) is 3.26. The molecule has 0 saturated heterocycles. The van der Waals surface area contributed by atoms with Crippen molar-refractivity contribution >= 4 is 40.5 Å². The summed E-state index contributed by atoms with van der Waals surface area (Å²) in [7, 11) is 1.55. The number of rotatable bonds is 11. The summed E-state index contributed by atoms with van der Waals surface area (Å²) in [4.78, 5) is 27.5. The van der Waals surface area contributed by atoms with Crippen molar-refractivity contribution in [3.05, 3.63) is 104 Å². The quantitative estimate of drug-likeness (QED) is 0.246. The zero-order valence-electron chi connectivity index (χ0n) is 22.2. The Labute approximate surface area is 237 Å². The predicted octanol–water partition coefficient (Wildman–Crippen LogP) is 7.05. The summed E-state index contributed by atoms with van der Waals surface area (Å²) in [6.45, 7) is 3.98. The Morgan fingerprint density at radius 2 is 1.90 bits per heavy atom. The molecule has 2 heterocycles. The molecule has 1 amide bonds. The number of hydrogen-bond acceptors (Lipinski definition) is 7. The van der Waals surface area contributed by atoms with E-state index in [0.29, 0.717) is 38.9 Å². The van der Waals surface area contributed by atoms with Crippen molar-refractivity contribution in [3.63, 3.8) is 0 Å². The number of nitriles is 1. The van der Waals surface area contributed by atoms with Gasteiger partial charge in [0.15, 0.2) is 5.78 Å². The van der Waals surface area contributed by atoms with Gasteiger partial charge in [0, 0.05) is 21.7 Å². The molecule has 0 unspecified atom stereocenters. The first-order valence-electron chi connectivity index (χ1n) is 12.8. The number of hydrogen-bond donors (Lipinski definition) is 2. The molecule has 6 nitrogen and oxygen atoms in total. The number of Topliss-reactive ketones (excluding diaryl/α,β-unsaturated/α-hetero) is 1. The Morgan fingerprint density at radius 3 is 2.56 bits per heavy atom. The number of nitrogens with zero attached hydrogens (tertiary/aromatic N) is 1. The number of carbonyl (C=O) groups excluding carboxylic acids is 2. The molecule has 0 saturated carbocycles. The fourth-order valence-electron chi connectivity index (χ4n) is 4.46. The Hall–Kier alpha value is -3.80. The zero-order valence-corrected chi connectivity index (χ0v) is 23.9. The molecule has 1 atom stereocenters. The van der Waals surface area contributed by atoms with Crippen LogP contribution in [0.15, 0.2) is 87.9 Å². The predicted molar refractivity (Wildman–Crippen MR) is 159 cm³/mol. The number of aryl methyl sites for hydroxylation is 1. The van der Waals surface area contributed by atoms with E-state index in [9.17, 15) is 14.9 Å². The van der Waals surface area contributed by atoms with Crippen LogP contribution in [0.5, 0.6) is 5.75 Å². The van der Waals surface area contributed by atoms with Crippen molar-refractivity contribution in [2.75, 3.05) is 18.2 Å². The third-order valence-electron chi connectivity index (χ3n) is 6.52. The molecule has 0 spiro atoms. The van der Waals surface area contributed by atoms with Gasteiger partial charge in [0.1, 0.15) is 5.75 Å². The topological polar surface area (TPSA) is 91.2 Å². The second-order valence-electron chi connectivity index (χ2n) is 9.13. The molecule has 4 rings (SSSR count). The van der Waals surface area contributed by atoms with Gasteiger partial charge in [-0.05, 0) is 48.9 Å². The second-order valence-corrected chi connectivity index (χ2v) is 11.1. The van der Waals surface area contributed by atoms with Gasteiger partial charge in [-0.1, -0.05) is 67.6 Å². The third kappa shape index (κ3) is 6.62. The van der Waals surface area contributed by atoms with Crippen molar-refractivity contribution < 1.29 is 14.3 Å². The summed E-state index contributed by atoms with van der Waals surface area (Å²) in [5.41, 5.74) is 3.93. The fraction of sp³-hybridized carbons (Fsp3) is 0.258. The normalized spacial score (nSPS) is 15.0. The summed E-state index contributed by atoms with van der Waals surface area (Å²) in [5.74, 6) is -0.164. The highest BCUT2D eigenvalue weighted by molar-refractivity contribution is 8.03. The first kappa shape index (κ1) is 28.2. The van der Waals surface area contributed by atoms with E-state index in [2.05, 4.69) is 23.6 Å². The Kier molecular flexibility index (Phi) is 9.64. The van der Waals surface area contributed by atoms with Gasteiger partial charge in [0.25, 0.3) is 5.91 Å². The highest BCUT2D eigenvalue weighted by atomic mass is 32.2. The van der Waals surface area contributed by atoms with Crippen LogP contribution in [0.2, 0.25) is 0 Å². The molecule has 1 aromatic heterocycles. The molecular weight excluding hydrogens is 526 g/mol. The number of unbranched alkanes of at least 4 members (excludes halogenated alkanes) is 1. The van der Waals surface area contributed by atoms with Crippen LogP contribution in [0, 0.1) is 11.3 Å². The van der Waals surface area contributed by atoms with Gasteiger partial charge in [-0.2, -0.15) is 5.26 Å². The number of dihydropyridines is 1. The van der Waals surface area contributed by atoms with E-state index in [4.69, 9.17) is 4.74 Å². The number of benzene rings is 2. The van der Waals surface area contributed by atoms with Gasteiger partial charge < -0.3 is 15.4 Å². The average Bonchev–Trinajstić information content (AvgIpc) is 3.49. The number of ether oxygens (including phenoxy) is 1. The molecule has 2 aromatic carbocycles. The van der Waals surface area contributed by atoms with Crippen molar-refractivity contribution in [1.82, 2.24) is 5.32 Å². The zero-order chi connectivity index (χ0) is 27.8. The van der Waals surface area contributed by atoms with E-state index in [-0.39, 0.29) is 17.4 Å². The molecule has 0 fully saturated rings. The standard InChI is InChI=1S/C31H31N3O3S2/c1-4-5-9-21-13-15-22(16-14-21)25(35)19-39-31-23(18-32)29(27-12-8-17-38-27)28(20(2)33-31)30(36)34-24-10-6-7-11-26(24)37-3/h6-8,10-17,29,33H,4-5,9,19H2,1-3H3,(H,34,36)/t29-/m0/s1. The minimum absolute atomic E-state index is 0.0114. The molecule has 1 aliphatic rings. The van der Waals surface area contributed by atoms with Crippen molar-refractivity contribution in [2.45, 2.75) is 39.0 Å². The van der Waals surface area contributed by atoms with Crippen molar-refractivity contribution in [2.24, 2.45) is 0 Å². The number of amides is 1. The first-order chi connectivity index (χ1) is 19.0. The van der Waals surface area contributed by atoms with Crippen LogP contribution < -0.4 is 15.4 Å². The number of thiophene rings is 1. The van der Waals surface area contributed by atoms with Crippen LogP contribution in [0.25, 0.3) is 0 Å². The maximum atomic E-state index is 13.6. The Morgan fingerprint density at radius 1 is 1.13 bits per heavy atom. The number of nitrogens with one attached hydrogen (secondary N) is 2. The van der Waals surface area contributed by atoms with Crippen LogP contribution in [0.3, 0.4) is 0 Å². The summed E-state index contributed by atoms with van der Waals surface area (Å²) >= 11 is 2.78. The molecule has 3 aromatic rings. The third-order valence-corrected chi connectivity index (χ3v) is 8.47. The van der Waals surface area contributed by atoms with E-state index in [1.807, 2.05) is 60.8 Å². The SMILES string of the molecule is CCCCc1ccc(C(=O)CSC2=C(C#N)[C@@H](c3cccs3)C(C(=O)Nc3ccccc3OC)=C(C)N2)cc1. The van der Waals surface area contributed by atoms with Crippen molar-refractivity contribution in [3.8, 4) is 11.8 Å². The van der Waals surface area contributed by atoms with E-state index in [1.54, 1.807) is 19.2 Å². The molecule has 8 heteroatoms. The van der Waals surface area contributed by atoms with Gasteiger partial charge in [0.2, 0.25) is 0 Å². The molecular formula is C31H31N3O3S2. The van der Waals surface area contributed by atoms with Crippen LogP contribution >= 0.6 is 23.1 Å². The number of anilines is 1. The maximum absolute atomic E-state index is 13.6.